The Labute approximate surface area is 135 Å². The number of nitrogen functional groups attached to an aromatic ring is 1. The monoisotopic (exact) mass is 346 g/mol. The molecule has 2 unspecified atom stereocenters. The summed E-state index contributed by atoms with van der Waals surface area (Å²) in [5, 5.41) is 9.72. The van der Waals surface area contributed by atoms with Gasteiger partial charge in [-0.25, -0.2) is 0 Å². The number of hydrogen-bond acceptors (Lipinski definition) is 6. The summed E-state index contributed by atoms with van der Waals surface area (Å²) in [4.78, 5) is 23.8. The lowest BCUT2D eigenvalue weighted by Gasteiger charge is -2.34. The van der Waals surface area contributed by atoms with Gasteiger partial charge in [-0.2, -0.15) is 18.3 Å². The van der Waals surface area contributed by atoms with Crippen LogP contribution in [0.1, 0.15) is 24.5 Å². The number of piperidine rings is 1. The van der Waals surface area contributed by atoms with Crippen LogP contribution in [0.25, 0.3) is 0 Å². The van der Waals surface area contributed by atoms with E-state index in [0.717, 1.165) is 7.11 Å². The van der Waals surface area contributed by atoms with Gasteiger partial charge in [-0.05, 0) is 18.6 Å². The van der Waals surface area contributed by atoms with Crippen molar-refractivity contribution in [3.05, 3.63) is 17.8 Å². The summed E-state index contributed by atoms with van der Waals surface area (Å²) < 4.78 is 43.6. The van der Waals surface area contributed by atoms with Gasteiger partial charge >= 0.3 is 12.1 Å². The van der Waals surface area contributed by atoms with E-state index in [0.29, 0.717) is 0 Å². The molecule has 2 heterocycles. The molecule has 1 aromatic rings. The quantitative estimate of drug-likeness (QED) is 0.788. The van der Waals surface area contributed by atoms with Crippen molar-refractivity contribution >= 4 is 17.7 Å². The topological polar surface area (TPSA) is 107 Å². The van der Waals surface area contributed by atoms with Crippen molar-refractivity contribution < 1.29 is 27.5 Å². The van der Waals surface area contributed by atoms with Gasteiger partial charge in [-0.15, -0.1) is 5.10 Å². The van der Waals surface area contributed by atoms with Crippen LogP contribution in [0.5, 0.6) is 0 Å². The van der Waals surface area contributed by atoms with E-state index in [1.807, 2.05) is 0 Å². The van der Waals surface area contributed by atoms with Crippen molar-refractivity contribution in [1.29, 1.82) is 0 Å². The first kappa shape index (κ1) is 18.0. The summed E-state index contributed by atoms with van der Waals surface area (Å²) in [5.74, 6) is -4.71. The number of esters is 1. The minimum Gasteiger partial charge on any atom is -0.469 e. The Hall–Kier alpha value is -2.39. The molecule has 1 amide bonds. The molecule has 3 atom stereocenters. The number of nitrogens with one attached hydrogen (secondary N) is 1. The molecule has 0 aliphatic carbocycles. The number of anilines is 1. The summed E-state index contributed by atoms with van der Waals surface area (Å²) in [6.45, 7) is -0.475. The van der Waals surface area contributed by atoms with Gasteiger partial charge < -0.3 is 15.8 Å². The molecule has 0 spiro atoms. The Morgan fingerprint density at radius 1 is 1.46 bits per heavy atom. The van der Waals surface area contributed by atoms with E-state index in [1.54, 1.807) is 0 Å². The number of rotatable bonds is 4. The van der Waals surface area contributed by atoms with Crippen LogP contribution in [0.15, 0.2) is 12.1 Å². The van der Waals surface area contributed by atoms with Gasteiger partial charge in [-0.1, -0.05) is 0 Å². The number of carbonyl (C=O) groups is 2. The average Bonchev–Trinajstić information content (AvgIpc) is 2.53. The van der Waals surface area contributed by atoms with E-state index in [1.165, 1.54) is 12.1 Å². The average molecular weight is 346 g/mol. The number of ether oxygens (including phenoxy) is 1. The summed E-state index contributed by atoms with van der Waals surface area (Å²) in [7, 11) is 1.16. The maximum atomic E-state index is 13.0. The van der Waals surface area contributed by atoms with Gasteiger partial charge in [-0.3, -0.25) is 9.59 Å². The van der Waals surface area contributed by atoms with Gasteiger partial charge in [0.25, 0.3) is 0 Å². The van der Waals surface area contributed by atoms with E-state index < -0.39 is 48.8 Å². The first-order valence-corrected chi connectivity index (χ1v) is 7.22. The van der Waals surface area contributed by atoms with Crippen LogP contribution in [0.2, 0.25) is 0 Å². The molecule has 1 aliphatic rings. The highest BCUT2D eigenvalue weighted by molar-refractivity contribution is 5.81. The van der Waals surface area contributed by atoms with Gasteiger partial charge in [0.15, 0.2) is 0 Å². The SMILES string of the molecule is COC(=O)CC(c1ccc(N)nn1)C1C[C@H](C(F)(F)F)CNC1=O. The van der Waals surface area contributed by atoms with Crippen LogP contribution in [-0.2, 0) is 14.3 Å². The van der Waals surface area contributed by atoms with Crippen molar-refractivity contribution in [2.75, 3.05) is 19.4 Å². The highest BCUT2D eigenvalue weighted by Crippen LogP contribution is 2.39. The van der Waals surface area contributed by atoms with Gasteiger partial charge in [0.1, 0.15) is 5.82 Å². The lowest BCUT2D eigenvalue weighted by Crippen LogP contribution is -2.48. The molecule has 7 nitrogen and oxygen atoms in total. The van der Waals surface area contributed by atoms with Gasteiger partial charge in [0.2, 0.25) is 5.91 Å². The zero-order chi connectivity index (χ0) is 17.9. The smallest absolute Gasteiger partial charge is 0.393 e. The number of methoxy groups -OCH3 is 1. The third kappa shape index (κ3) is 4.12. The Kier molecular flexibility index (Phi) is 5.25. The summed E-state index contributed by atoms with van der Waals surface area (Å²) >= 11 is 0. The first-order valence-electron chi connectivity index (χ1n) is 7.22. The minimum atomic E-state index is -4.44. The molecule has 3 N–H and O–H groups in total. The standard InChI is InChI=1S/C14H17F3N4O3/c1-24-12(22)5-8(10-2-3-11(18)21-20-10)9-4-7(14(15,16)17)6-19-13(9)23/h2-3,7-9H,4-6H2,1H3,(H2,18,21)(H,19,23)/t7-,8?,9?/m0/s1. The number of carbonyl (C=O) groups excluding carboxylic acids is 2. The fourth-order valence-electron chi connectivity index (χ4n) is 2.71. The lowest BCUT2D eigenvalue weighted by molar-refractivity contribution is -0.184. The molecular formula is C14H17F3N4O3. The normalized spacial score (nSPS) is 22.6. The molecule has 1 aliphatic heterocycles. The molecule has 0 saturated carbocycles. The number of nitrogens with two attached hydrogens (primary N) is 1. The van der Waals surface area contributed by atoms with Crippen LogP contribution in [-0.4, -0.2) is 41.9 Å². The first-order chi connectivity index (χ1) is 11.2. The fourth-order valence-corrected chi connectivity index (χ4v) is 2.71. The molecule has 1 saturated heterocycles. The van der Waals surface area contributed by atoms with Crippen LogP contribution in [0, 0.1) is 11.8 Å². The number of nitrogens with zero attached hydrogens (tertiary/aromatic N) is 2. The maximum absolute atomic E-state index is 13.0. The number of aromatic nitrogens is 2. The highest BCUT2D eigenvalue weighted by atomic mass is 19.4. The molecule has 10 heteroatoms. The second kappa shape index (κ2) is 7.02. The van der Waals surface area contributed by atoms with Crippen LogP contribution in [0.3, 0.4) is 0 Å². The van der Waals surface area contributed by atoms with Gasteiger partial charge in [0.05, 0.1) is 25.1 Å². The zero-order valence-electron chi connectivity index (χ0n) is 12.8. The summed E-state index contributed by atoms with van der Waals surface area (Å²) in [5.41, 5.74) is 5.67. The molecule has 132 valence electrons. The van der Waals surface area contributed by atoms with E-state index >= 15 is 0 Å². The Morgan fingerprint density at radius 3 is 2.71 bits per heavy atom. The summed E-state index contributed by atoms with van der Waals surface area (Å²) in [6, 6.07) is 2.86. The third-order valence-corrected chi connectivity index (χ3v) is 4.05. The molecule has 2 rings (SSSR count). The minimum absolute atomic E-state index is 0.122. The molecule has 24 heavy (non-hydrogen) atoms. The number of amides is 1. The highest BCUT2D eigenvalue weighted by Gasteiger charge is 2.47. The van der Waals surface area contributed by atoms with E-state index in [9.17, 15) is 22.8 Å². The Balaban J connectivity index is 2.31. The second-order valence-corrected chi connectivity index (χ2v) is 5.60. The fraction of sp³-hybridized carbons (Fsp3) is 0.571. The van der Waals surface area contributed by atoms with Crippen LogP contribution < -0.4 is 11.1 Å². The number of hydrogen-bond donors (Lipinski definition) is 2. The zero-order valence-corrected chi connectivity index (χ0v) is 12.8. The molecule has 1 aromatic heterocycles. The van der Waals surface area contributed by atoms with Crippen molar-refractivity contribution in [3.8, 4) is 0 Å². The Morgan fingerprint density at radius 2 is 2.17 bits per heavy atom. The predicted octanol–water partition coefficient (Wildman–Crippen LogP) is 1.02. The molecule has 0 aromatic carbocycles. The molecule has 0 radical (unpaired) electrons. The van der Waals surface area contributed by atoms with E-state index in [-0.39, 0.29) is 17.9 Å². The molecule has 0 bridgehead atoms. The molecular weight excluding hydrogens is 329 g/mol. The van der Waals surface area contributed by atoms with E-state index in [2.05, 4.69) is 20.3 Å². The maximum Gasteiger partial charge on any atom is 0.393 e. The van der Waals surface area contributed by atoms with Crippen molar-refractivity contribution in [2.45, 2.75) is 24.9 Å². The third-order valence-electron chi connectivity index (χ3n) is 4.05. The van der Waals surface area contributed by atoms with Gasteiger partial charge in [0, 0.05) is 18.4 Å². The Bertz CT molecular complexity index is 606. The van der Waals surface area contributed by atoms with Crippen LogP contribution in [0.4, 0.5) is 19.0 Å². The lowest BCUT2D eigenvalue weighted by atomic mass is 9.77. The largest absolute Gasteiger partial charge is 0.469 e. The predicted molar refractivity (Wildman–Crippen MR) is 76.5 cm³/mol. The molecule has 1 fully saturated rings. The van der Waals surface area contributed by atoms with Crippen molar-refractivity contribution in [1.82, 2.24) is 15.5 Å². The van der Waals surface area contributed by atoms with Crippen molar-refractivity contribution in [2.24, 2.45) is 11.8 Å². The number of alkyl halides is 3. The second-order valence-electron chi connectivity index (χ2n) is 5.60. The summed E-state index contributed by atoms with van der Waals surface area (Å²) in [6.07, 6.45) is -5.14. The number of halogens is 3. The van der Waals surface area contributed by atoms with Crippen LogP contribution >= 0.6 is 0 Å². The van der Waals surface area contributed by atoms with E-state index in [4.69, 9.17) is 5.73 Å². The van der Waals surface area contributed by atoms with Crippen molar-refractivity contribution in [3.63, 3.8) is 0 Å².